The maximum atomic E-state index is 13.0. The lowest BCUT2D eigenvalue weighted by Gasteiger charge is -2.46. The zero-order valence-corrected chi connectivity index (χ0v) is 23.6. The Bertz CT molecular complexity index is 1270. The lowest BCUT2D eigenvalue weighted by molar-refractivity contribution is -0.150. The number of sulfone groups is 1. The van der Waals surface area contributed by atoms with Gasteiger partial charge in [0.2, 0.25) is 0 Å². The largest absolute Gasteiger partial charge is 0.462 e. The van der Waals surface area contributed by atoms with Crippen LogP contribution in [0.3, 0.4) is 0 Å². The molecule has 1 saturated carbocycles. The zero-order valence-electron chi connectivity index (χ0n) is 22.8. The Balaban J connectivity index is 1.17. The topological polar surface area (TPSA) is 90.7 Å². The summed E-state index contributed by atoms with van der Waals surface area (Å²) < 4.78 is 29.2. The van der Waals surface area contributed by atoms with E-state index in [9.17, 15) is 18.5 Å². The highest BCUT2D eigenvalue weighted by molar-refractivity contribution is 7.90. The summed E-state index contributed by atoms with van der Waals surface area (Å²) in [5, 5.41) is 10.5. The van der Waals surface area contributed by atoms with Crippen LogP contribution in [0.25, 0.3) is 0 Å². The van der Waals surface area contributed by atoms with Crippen LogP contribution in [-0.4, -0.2) is 64.4 Å². The van der Waals surface area contributed by atoms with Crippen LogP contribution >= 0.6 is 0 Å². The van der Waals surface area contributed by atoms with Crippen LogP contribution in [0.4, 0.5) is 5.69 Å². The van der Waals surface area contributed by atoms with Crippen molar-refractivity contribution < 1.29 is 17.9 Å². The van der Waals surface area contributed by atoms with Crippen molar-refractivity contribution in [2.45, 2.75) is 61.4 Å². The minimum Gasteiger partial charge on any atom is -0.462 e. The maximum absolute atomic E-state index is 13.0. The number of piperidine rings is 1. The van der Waals surface area contributed by atoms with Crippen LogP contribution in [0.2, 0.25) is 0 Å². The third kappa shape index (κ3) is 6.31. The predicted molar refractivity (Wildman–Crippen MR) is 151 cm³/mol. The molecule has 2 aromatic carbocycles. The van der Waals surface area contributed by atoms with Crippen molar-refractivity contribution in [3.8, 4) is 6.07 Å². The Hall–Kier alpha value is -2.89. The first-order chi connectivity index (χ1) is 18.8. The molecule has 0 spiro atoms. The van der Waals surface area contributed by atoms with Crippen molar-refractivity contribution in [2.24, 2.45) is 11.8 Å². The number of ether oxygens (including phenoxy) is 1. The molecule has 0 aromatic heterocycles. The van der Waals surface area contributed by atoms with Gasteiger partial charge in [-0.3, -0.25) is 4.79 Å². The van der Waals surface area contributed by atoms with Crippen molar-refractivity contribution in [1.29, 1.82) is 5.26 Å². The molecular weight excluding hydrogens is 510 g/mol. The van der Waals surface area contributed by atoms with Gasteiger partial charge in [-0.15, -0.1) is 0 Å². The molecule has 2 aliphatic heterocycles. The third-order valence-electron chi connectivity index (χ3n) is 8.90. The summed E-state index contributed by atoms with van der Waals surface area (Å²) in [4.78, 5) is 18.2. The molecule has 8 heteroatoms. The second-order valence-electron chi connectivity index (χ2n) is 11.6. The molecule has 39 heavy (non-hydrogen) atoms. The van der Waals surface area contributed by atoms with Crippen LogP contribution in [0.1, 0.15) is 50.5 Å². The molecule has 0 bridgehead atoms. The fourth-order valence-corrected chi connectivity index (χ4v) is 7.28. The Labute approximate surface area is 232 Å². The summed E-state index contributed by atoms with van der Waals surface area (Å²) in [6, 6.07) is 19.6. The molecule has 7 nitrogen and oxygen atoms in total. The molecule has 208 valence electrons. The lowest BCUT2D eigenvalue weighted by atomic mass is 9.65. The SMILES string of the molecule is CS(=O)(=O)c1ccc(N2CC(CN3CCC([C@@](C#N)(CC(=O)OC4CCCC4)c4ccccc4)CC3)C2)cc1. The molecule has 5 rings (SSSR count). The molecule has 2 aromatic rings. The van der Waals surface area contributed by atoms with Crippen LogP contribution in [-0.2, 0) is 24.8 Å². The number of rotatable bonds is 9. The van der Waals surface area contributed by atoms with E-state index in [1.54, 1.807) is 12.1 Å². The van der Waals surface area contributed by atoms with Crippen LogP contribution < -0.4 is 4.90 Å². The number of esters is 1. The van der Waals surface area contributed by atoms with Crippen molar-refractivity contribution in [1.82, 2.24) is 4.90 Å². The van der Waals surface area contributed by atoms with Crippen molar-refractivity contribution in [3.05, 3.63) is 60.2 Å². The lowest BCUT2D eigenvalue weighted by Crippen LogP contribution is -2.53. The summed E-state index contributed by atoms with van der Waals surface area (Å²) in [6.45, 7) is 4.75. The van der Waals surface area contributed by atoms with Crippen LogP contribution in [0, 0.1) is 23.2 Å². The van der Waals surface area contributed by atoms with Crippen LogP contribution in [0.5, 0.6) is 0 Å². The molecule has 1 atom stereocenters. The molecule has 2 saturated heterocycles. The fourth-order valence-electron chi connectivity index (χ4n) is 6.65. The van der Waals surface area contributed by atoms with Crippen molar-refractivity contribution in [3.63, 3.8) is 0 Å². The van der Waals surface area contributed by atoms with E-state index in [0.29, 0.717) is 10.8 Å². The van der Waals surface area contributed by atoms with Gasteiger partial charge in [0.1, 0.15) is 6.10 Å². The summed E-state index contributed by atoms with van der Waals surface area (Å²) >= 11 is 0. The number of hydrogen-bond donors (Lipinski definition) is 0. The number of anilines is 1. The number of nitrogens with zero attached hydrogens (tertiary/aromatic N) is 3. The molecular formula is C31H39N3O4S. The minimum absolute atomic E-state index is 0.00572. The van der Waals surface area contributed by atoms with E-state index >= 15 is 0 Å². The molecule has 0 radical (unpaired) electrons. The minimum atomic E-state index is -3.18. The normalized spacial score (nSPS) is 21.2. The number of carbonyl (C=O) groups excluding carboxylic acids is 1. The quantitative estimate of drug-likeness (QED) is 0.423. The summed E-state index contributed by atoms with van der Waals surface area (Å²) in [7, 11) is -3.18. The van der Waals surface area contributed by atoms with Gasteiger partial charge in [0.15, 0.2) is 9.84 Å². The molecule has 2 heterocycles. The highest BCUT2D eigenvalue weighted by Crippen LogP contribution is 2.42. The Morgan fingerprint density at radius 1 is 1.00 bits per heavy atom. The van der Waals surface area contributed by atoms with E-state index in [4.69, 9.17) is 4.74 Å². The molecule has 0 N–H and O–H groups in total. The van der Waals surface area contributed by atoms with Gasteiger partial charge in [-0.1, -0.05) is 30.3 Å². The Kier molecular flexibility index (Phi) is 8.29. The van der Waals surface area contributed by atoms with Gasteiger partial charge in [0.05, 0.1) is 22.8 Å². The first-order valence-corrected chi connectivity index (χ1v) is 16.1. The number of benzene rings is 2. The zero-order chi connectivity index (χ0) is 27.5. The second kappa shape index (κ2) is 11.7. The van der Waals surface area contributed by atoms with Gasteiger partial charge in [-0.2, -0.15) is 5.26 Å². The molecule has 0 amide bonds. The van der Waals surface area contributed by atoms with Gasteiger partial charge in [0, 0.05) is 37.5 Å². The average Bonchev–Trinajstić information content (AvgIpc) is 3.42. The average molecular weight is 550 g/mol. The molecule has 3 fully saturated rings. The van der Waals surface area contributed by atoms with Gasteiger partial charge < -0.3 is 14.5 Å². The van der Waals surface area contributed by atoms with Gasteiger partial charge in [-0.05, 0) is 87.4 Å². The summed E-state index contributed by atoms with van der Waals surface area (Å²) in [5.41, 5.74) is 1.11. The van der Waals surface area contributed by atoms with E-state index in [-0.39, 0.29) is 24.4 Å². The summed E-state index contributed by atoms with van der Waals surface area (Å²) in [5.74, 6) is 0.421. The van der Waals surface area contributed by atoms with E-state index in [1.165, 1.54) is 6.26 Å². The Morgan fingerprint density at radius 3 is 2.23 bits per heavy atom. The summed E-state index contributed by atoms with van der Waals surface area (Å²) in [6.07, 6.45) is 7.17. The fraction of sp³-hybridized carbons (Fsp3) is 0.548. The van der Waals surface area contributed by atoms with Gasteiger partial charge >= 0.3 is 5.97 Å². The number of nitriles is 1. The first kappa shape index (κ1) is 27.7. The van der Waals surface area contributed by atoms with Gasteiger partial charge in [0.25, 0.3) is 0 Å². The monoisotopic (exact) mass is 549 g/mol. The smallest absolute Gasteiger partial charge is 0.308 e. The molecule has 0 unspecified atom stereocenters. The standard InChI is InChI=1S/C31H39N3O4S/c1-39(36,37)29-13-11-27(12-14-29)34-21-24(22-34)20-33-17-15-26(16-18-33)31(23-32,25-7-3-2-4-8-25)19-30(35)38-28-9-5-6-10-28/h2-4,7-8,11-14,24,26,28H,5-6,9-10,15-22H2,1H3/t31-/m1/s1. The van der Waals surface area contributed by atoms with E-state index in [1.807, 2.05) is 42.5 Å². The molecule has 1 aliphatic carbocycles. The number of hydrogen-bond acceptors (Lipinski definition) is 7. The van der Waals surface area contributed by atoms with E-state index < -0.39 is 15.3 Å². The van der Waals surface area contributed by atoms with E-state index in [0.717, 1.165) is 82.5 Å². The maximum Gasteiger partial charge on any atom is 0.308 e. The number of carbonyl (C=O) groups is 1. The molecule has 3 aliphatic rings. The van der Waals surface area contributed by atoms with Crippen molar-refractivity contribution >= 4 is 21.5 Å². The highest BCUT2D eigenvalue weighted by atomic mass is 32.2. The first-order valence-electron chi connectivity index (χ1n) is 14.2. The second-order valence-corrected chi connectivity index (χ2v) is 13.6. The van der Waals surface area contributed by atoms with Gasteiger partial charge in [-0.25, -0.2) is 8.42 Å². The van der Waals surface area contributed by atoms with Crippen molar-refractivity contribution in [2.75, 3.05) is 43.9 Å². The highest BCUT2D eigenvalue weighted by Gasteiger charge is 2.45. The van der Waals surface area contributed by atoms with Crippen LogP contribution in [0.15, 0.2) is 59.5 Å². The Morgan fingerprint density at radius 2 is 1.64 bits per heavy atom. The third-order valence-corrected chi connectivity index (χ3v) is 10.0. The van der Waals surface area contributed by atoms with E-state index in [2.05, 4.69) is 15.9 Å². The predicted octanol–water partition coefficient (Wildman–Crippen LogP) is 4.58. The number of likely N-dealkylation sites (tertiary alicyclic amines) is 1.